The van der Waals surface area contributed by atoms with Gasteiger partial charge in [0.1, 0.15) is 18.8 Å². The Balaban J connectivity index is 2.31. The topological polar surface area (TPSA) is 119 Å². The molecule has 1 aliphatic carbocycles. The second-order valence-corrected chi connectivity index (χ2v) is 7.33. The molecule has 0 aromatic carbocycles. The molecule has 0 aromatic heterocycles. The smallest absolute Gasteiger partial charge is 0.336 e. The van der Waals surface area contributed by atoms with Crippen LogP contribution in [0.5, 0.6) is 0 Å². The first-order chi connectivity index (χ1) is 14.3. The number of ether oxygens (including phenoxy) is 3. The number of aliphatic hydroxyl groups is 2. The van der Waals surface area contributed by atoms with E-state index in [1.807, 2.05) is 13.0 Å². The highest BCUT2D eigenvalue weighted by molar-refractivity contribution is 5.92. The molecule has 0 bridgehead atoms. The van der Waals surface area contributed by atoms with Gasteiger partial charge in [0.15, 0.2) is 0 Å². The van der Waals surface area contributed by atoms with E-state index in [1.54, 1.807) is 6.08 Å². The number of hydrogen-bond donors (Lipinski definition) is 2. The summed E-state index contributed by atoms with van der Waals surface area (Å²) in [6.45, 7) is 6.00. The third-order valence-corrected chi connectivity index (χ3v) is 5.05. The second kappa shape index (κ2) is 10.9. The summed E-state index contributed by atoms with van der Waals surface area (Å²) in [5.74, 6) is -2.50. The van der Waals surface area contributed by atoms with Gasteiger partial charge in [-0.3, -0.25) is 4.79 Å². The van der Waals surface area contributed by atoms with Crippen molar-refractivity contribution in [3.05, 3.63) is 47.1 Å². The number of rotatable bonds is 6. The number of fused-ring (bicyclic) bond motifs is 1. The number of carbonyl (C=O) groups is 3. The zero-order chi connectivity index (χ0) is 22.3. The third kappa shape index (κ3) is 6.14. The molecular formula is C22H28O8. The fourth-order valence-corrected chi connectivity index (χ4v) is 3.46. The lowest BCUT2D eigenvalue weighted by Crippen LogP contribution is -2.34. The summed E-state index contributed by atoms with van der Waals surface area (Å²) in [7, 11) is 0. The van der Waals surface area contributed by atoms with Crippen molar-refractivity contribution < 1.29 is 38.8 Å². The van der Waals surface area contributed by atoms with E-state index in [9.17, 15) is 24.6 Å². The highest BCUT2D eigenvalue weighted by Crippen LogP contribution is 2.36. The van der Waals surface area contributed by atoms with Crippen LogP contribution in [0.25, 0.3) is 0 Å². The molecule has 3 unspecified atom stereocenters. The van der Waals surface area contributed by atoms with Crippen molar-refractivity contribution in [2.45, 2.75) is 45.3 Å². The molecule has 0 spiro atoms. The third-order valence-electron chi connectivity index (χ3n) is 5.05. The Hall–Kier alpha value is -2.71. The molecule has 2 aliphatic rings. The maximum atomic E-state index is 12.7. The van der Waals surface area contributed by atoms with E-state index in [1.165, 1.54) is 13.0 Å². The van der Waals surface area contributed by atoms with E-state index in [0.29, 0.717) is 19.3 Å². The molecule has 2 N–H and O–H groups in total. The average molecular weight is 420 g/mol. The van der Waals surface area contributed by atoms with E-state index in [-0.39, 0.29) is 24.4 Å². The first-order valence-electron chi connectivity index (χ1n) is 9.76. The molecule has 0 aromatic rings. The Labute approximate surface area is 175 Å². The van der Waals surface area contributed by atoms with E-state index in [4.69, 9.17) is 14.2 Å². The van der Waals surface area contributed by atoms with Gasteiger partial charge in [0, 0.05) is 18.9 Å². The molecule has 0 radical (unpaired) electrons. The first-order valence-corrected chi connectivity index (χ1v) is 9.76. The Morgan fingerprint density at radius 3 is 2.73 bits per heavy atom. The summed E-state index contributed by atoms with van der Waals surface area (Å²) in [5, 5.41) is 19.1. The highest BCUT2D eigenvalue weighted by Gasteiger charge is 2.44. The van der Waals surface area contributed by atoms with Crippen LogP contribution >= 0.6 is 0 Å². The van der Waals surface area contributed by atoms with Crippen LogP contribution < -0.4 is 0 Å². The molecule has 0 amide bonds. The van der Waals surface area contributed by atoms with Crippen molar-refractivity contribution in [1.29, 1.82) is 0 Å². The molecule has 164 valence electrons. The fourth-order valence-electron chi connectivity index (χ4n) is 3.46. The van der Waals surface area contributed by atoms with Crippen LogP contribution in [0.15, 0.2) is 47.1 Å². The standard InChI is InChI=1S/C22H28O8/c1-13-5-4-6-16(11-23)10-19-20(14(2)21(26)29-19)18(9-13)30-22(27)17(12-24)7-8-28-15(3)25/h5,7,10,18-20,23-24H,2,4,6,8-9,11-12H2,1,3H3/b13-5-,16-10?,17-7+. The van der Waals surface area contributed by atoms with Crippen molar-refractivity contribution in [1.82, 2.24) is 0 Å². The molecule has 8 heteroatoms. The predicted octanol–water partition coefficient (Wildman–Crippen LogP) is 1.53. The van der Waals surface area contributed by atoms with Crippen molar-refractivity contribution in [3.8, 4) is 0 Å². The minimum atomic E-state index is -0.781. The van der Waals surface area contributed by atoms with Crippen LogP contribution in [0.4, 0.5) is 0 Å². The molecular weight excluding hydrogens is 392 g/mol. The second-order valence-electron chi connectivity index (χ2n) is 7.33. The van der Waals surface area contributed by atoms with Crippen molar-refractivity contribution in [2.75, 3.05) is 19.8 Å². The number of hydrogen-bond acceptors (Lipinski definition) is 8. The molecule has 1 saturated heterocycles. The molecule has 30 heavy (non-hydrogen) atoms. The van der Waals surface area contributed by atoms with Gasteiger partial charge in [0.05, 0.1) is 24.7 Å². The van der Waals surface area contributed by atoms with Gasteiger partial charge < -0.3 is 24.4 Å². The minimum Gasteiger partial charge on any atom is -0.462 e. The van der Waals surface area contributed by atoms with Crippen molar-refractivity contribution in [3.63, 3.8) is 0 Å². The minimum absolute atomic E-state index is 0.0611. The van der Waals surface area contributed by atoms with E-state index >= 15 is 0 Å². The molecule has 0 saturated carbocycles. The SMILES string of the molecule is C=C1C(=O)OC2C=C(CO)CC/C=C(/C)CC(OC(=O)/C(=C/COC(C)=O)CO)C12. The van der Waals surface area contributed by atoms with Crippen LogP contribution in [0.2, 0.25) is 0 Å². The maximum Gasteiger partial charge on any atom is 0.336 e. The number of esters is 3. The predicted molar refractivity (Wildman–Crippen MR) is 107 cm³/mol. The van der Waals surface area contributed by atoms with E-state index < -0.39 is 42.6 Å². The Morgan fingerprint density at radius 1 is 1.37 bits per heavy atom. The fraction of sp³-hybridized carbons (Fsp3) is 0.500. The molecule has 3 atom stereocenters. The maximum absolute atomic E-state index is 12.7. The van der Waals surface area contributed by atoms with Crippen LogP contribution in [-0.2, 0) is 28.6 Å². The lowest BCUT2D eigenvalue weighted by Gasteiger charge is -2.27. The average Bonchev–Trinajstić information content (AvgIpc) is 2.96. The summed E-state index contributed by atoms with van der Waals surface area (Å²) in [6.07, 6.45) is 5.16. The highest BCUT2D eigenvalue weighted by atomic mass is 16.6. The quantitative estimate of drug-likeness (QED) is 0.287. The van der Waals surface area contributed by atoms with E-state index in [2.05, 4.69) is 6.58 Å². The molecule has 8 nitrogen and oxygen atoms in total. The summed E-state index contributed by atoms with van der Waals surface area (Å²) in [6, 6.07) is 0. The van der Waals surface area contributed by atoms with Crippen LogP contribution in [-0.4, -0.2) is 60.1 Å². The van der Waals surface area contributed by atoms with Gasteiger partial charge >= 0.3 is 17.9 Å². The van der Waals surface area contributed by atoms with Crippen LogP contribution in [0.1, 0.15) is 33.1 Å². The molecule has 1 fully saturated rings. The van der Waals surface area contributed by atoms with Crippen molar-refractivity contribution >= 4 is 17.9 Å². The van der Waals surface area contributed by atoms with Gasteiger partial charge in [-0.15, -0.1) is 0 Å². The number of carbonyl (C=O) groups excluding carboxylic acids is 3. The van der Waals surface area contributed by atoms with Crippen LogP contribution in [0.3, 0.4) is 0 Å². The van der Waals surface area contributed by atoms with Gasteiger partial charge in [-0.25, -0.2) is 9.59 Å². The number of aliphatic hydroxyl groups excluding tert-OH is 2. The largest absolute Gasteiger partial charge is 0.462 e. The van der Waals surface area contributed by atoms with E-state index in [0.717, 1.165) is 11.1 Å². The lowest BCUT2D eigenvalue weighted by molar-refractivity contribution is -0.148. The Bertz CT molecular complexity index is 789. The van der Waals surface area contributed by atoms with Gasteiger partial charge in [0.25, 0.3) is 0 Å². The summed E-state index contributed by atoms with van der Waals surface area (Å²) < 4.78 is 15.9. The van der Waals surface area contributed by atoms with Crippen molar-refractivity contribution in [2.24, 2.45) is 5.92 Å². The zero-order valence-corrected chi connectivity index (χ0v) is 17.3. The Morgan fingerprint density at radius 2 is 2.10 bits per heavy atom. The van der Waals surface area contributed by atoms with Gasteiger partial charge in [-0.1, -0.05) is 18.2 Å². The summed E-state index contributed by atoms with van der Waals surface area (Å²) >= 11 is 0. The van der Waals surface area contributed by atoms with Gasteiger partial charge in [-0.05, 0) is 37.5 Å². The van der Waals surface area contributed by atoms with Crippen LogP contribution in [0, 0.1) is 5.92 Å². The van der Waals surface area contributed by atoms with Gasteiger partial charge in [0.2, 0.25) is 0 Å². The lowest BCUT2D eigenvalue weighted by atomic mass is 9.85. The first kappa shape index (κ1) is 23.6. The monoisotopic (exact) mass is 420 g/mol. The normalized spacial score (nSPS) is 26.7. The summed E-state index contributed by atoms with van der Waals surface area (Å²) in [4.78, 5) is 35.7. The molecule has 1 aliphatic heterocycles. The molecule has 1 heterocycles. The molecule has 2 rings (SSSR count). The van der Waals surface area contributed by atoms with Gasteiger partial charge in [-0.2, -0.15) is 0 Å². The zero-order valence-electron chi connectivity index (χ0n) is 17.3. The number of allylic oxidation sites excluding steroid dienone is 1. The summed E-state index contributed by atoms with van der Waals surface area (Å²) in [5.41, 5.74) is 1.80. The Kier molecular flexibility index (Phi) is 8.56.